The first-order valence-electron chi connectivity index (χ1n) is 9.55. The summed E-state index contributed by atoms with van der Waals surface area (Å²) in [5, 5.41) is 2.80. The molecule has 0 radical (unpaired) electrons. The van der Waals surface area contributed by atoms with E-state index in [2.05, 4.69) is 11.4 Å². The molecule has 0 heterocycles. The molecule has 0 spiro atoms. The molecule has 6 heteroatoms. The number of hydrogen-bond donors (Lipinski definition) is 1. The van der Waals surface area contributed by atoms with Crippen LogP contribution in [0.2, 0.25) is 0 Å². The molecule has 6 nitrogen and oxygen atoms in total. The van der Waals surface area contributed by atoms with Crippen LogP contribution in [0.25, 0.3) is 0 Å². The second kappa shape index (κ2) is 11.3. The lowest BCUT2D eigenvalue weighted by Gasteiger charge is -2.22. The minimum atomic E-state index is -0.166. The molecule has 0 atom stereocenters. The van der Waals surface area contributed by atoms with Crippen LogP contribution in [0.15, 0.2) is 35.9 Å². The smallest absolute Gasteiger partial charge is 0.239 e. The minimum absolute atomic E-state index is 0.0731. The Labute approximate surface area is 161 Å². The van der Waals surface area contributed by atoms with Gasteiger partial charge in [0.2, 0.25) is 11.8 Å². The molecule has 1 aliphatic carbocycles. The van der Waals surface area contributed by atoms with Crippen LogP contribution in [-0.4, -0.2) is 50.1 Å². The van der Waals surface area contributed by atoms with E-state index in [1.54, 1.807) is 12.0 Å². The predicted molar refractivity (Wildman–Crippen MR) is 105 cm³/mol. The van der Waals surface area contributed by atoms with Gasteiger partial charge in [-0.3, -0.25) is 9.59 Å². The van der Waals surface area contributed by atoms with E-state index >= 15 is 0 Å². The van der Waals surface area contributed by atoms with Crippen molar-refractivity contribution in [3.8, 4) is 11.5 Å². The van der Waals surface area contributed by atoms with Crippen molar-refractivity contribution in [2.45, 2.75) is 39.0 Å². The molecule has 27 heavy (non-hydrogen) atoms. The number of methoxy groups -OCH3 is 1. The number of benzene rings is 1. The number of nitrogens with zero attached hydrogens (tertiary/aromatic N) is 1. The standard InChI is InChI=1S/C21H30N2O4/c1-17(24)23(14-12-18-6-4-3-5-7-18)16-21(25)22-13-15-27-20-10-8-19(26-2)9-11-20/h6,8-11H,3-5,7,12-16H2,1-2H3,(H,22,25). The second-order valence-corrected chi connectivity index (χ2v) is 6.67. The summed E-state index contributed by atoms with van der Waals surface area (Å²) >= 11 is 0. The maximum Gasteiger partial charge on any atom is 0.239 e. The van der Waals surface area contributed by atoms with Crippen molar-refractivity contribution in [1.29, 1.82) is 0 Å². The molecule has 1 aromatic rings. The average molecular weight is 374 g/mol. The molecule has 1 N–H and O–H groups in total. The SMILES string of the molecule is COc1ccc(OCCNC(=O)CN(CCC2=CCCCC2)C(C)=O)cc1. The fourth-order valence-electron chi connectivity index (χ4n) is 3.02. The highest BCUT2D eigenvalue weighted by Gasteiger charge is 2.14. The van der Waals surface area contributed by atoms with Gasteiger partial charge < -0.3 is 19.7 Å². The van der Waals surface area contributed by atoms with Crippen LogP contribution in [0.5, 0.6) is 11.5 Å². The molecule has 0 aliphatic heterocycles. The average Bonchev–Trinajstić information content (AvgIpc) is 2.69. The first kappa shape index (κ1) is 20.8. The molecule has 1 aromatic carbocycles. The summed E-state index contributed by atoms with van der Waals surface area (Å²) in [5.41, 5.74) is 1.40. The Balaban J connectivity index is 1.66. The number of amides is 2. The van der Waals surface area contributed by atoms with Gasteiger partial charge in [-0.25, -0.2) is 0 Å². The molecule has 0 aromatic heterocycles. The number of rotatable bonds is 10. The Morgan fingerprint density at radius 1 is 1.15 bits per heavy atom. The van der Waals surface area contributed by atoms with E-state index in [1.165, 1.54) is 25.3 Å². The lowest BCUT2D eigenvalue weighted by atomic mass is 9.97. The third-order valence-corrected chi connectivity index (χ3v) is 4.62. The Kier molecular flexibility index (Phi) is 8.68. The van der Waals surface area contributed by atoms with Gasteiger partial charge in [-0.1, -0.05) is 11.6 Å². The fraction of sp³-hybridized carbons (Fsp3) is 0.524. The summed E-state index contributed by atoms with van der Waals surface area (Å²) < 4.78 is 10.7. The first-order valence-corrected chi connectivity index (χ1v) is 9.55. The van der Waals surface area contributed by atoms with Crippen LogP contribution in [-0.2, 0) is 9.59 Å². The number of allylic oxidation sites excluding steroid dienone is 1. The molecule has 1 aliphatic rings. The third kappa shape index (κ3) is 7.72. The Morgan fingerprint density at radius 2 is 1.89 bits per heavy atom. The van der Waals surface area contributed by atoms with Crippen LogP contribution >= 0.6 is 0 Å². The summed E-state index contributed by atoms with van der Waals surface area (Å²) in [4.78, 5) is 25.5. The van der Waals surface area contributed by atoms with Crippen LogP contribution in [0, 0.1) is 0 Å². The van der Waals surface area contributed by atoms with Crippen molar-refractivity contribution < 1.29 is 19.1 Å². The number of hydrogen-bond acceptors (Lipinski definition) is 4. The van der Waals surface area contributed by atoms with Crippen molar-refractivity contribution in [3.05, 3.63) is 35.9 Å². The van der Waals surface area contributed by atoms with Gasteiger partial charge in [-0.2, -0.15) is 0 Å². The van der Waals surface area contributed by atoms with Gasteiger partial charge in [0.15, 0.2) is 0 Å². The lowest BCUT2D eigenvalue weighted by Crippen LogP contribution is -2.41. The highest BCUT2D eigenvalue weighted by Crippen LogP contribution is 2.20. The normalized spacial score (nSPS) is 13.5. The quantitative estimate of drug-likeness (QED) is 0.505. The molecular formula is C21H30N2O4. The molecule has 148 valence electrons. The minimum Gasteiger partial charge on any atom is -0.497 e. The largest absolute Gasteiger partial charge is 0.497 e. The van der Waals surface area contributed by atoms with Crippen LogP contribution in [0.3, 0.4) is 0 Å². The summed E-state index contributed by atoms with van der Waals surface area (Å²) in [5.74, 6) is 1.25. The highest BCUT2D eigenvalue weighted by molar-refractivity contribution is 5.83. The summed E-state index contributed by atoms with van der Waals surface area (Å²) in [6.45, 7) is 2.95. The number of carbonyl (C=O) groups is 2. The molecule has 0 bridgehead atoms. The number of ether oxygens (including phenoxy) is 2. The van der Waals surface area contributed by atoms with E-state index in [1.807, 2.05) is 24.3 Å². The lowest BCUT2D eigenvalue weighted by molar-refractivity contribution is -0.134. The zero-order valence-electron chi connectivity index (χ0n) is 16.3. The molecule has 2 rings (SSSR count). The van der Waals surface area contributed by atoms with Gasteiger partial charge in [0.1, 0.15) is 18.1 Å². The Morgan fingerprint density at radius 3 is 2.52 bits per heavy atom. The summed E-state index contributed by atoms with van der Waals surface area (Å²) in [6.07, 6.45) is 7.85. The third-order valence-electron chi connectivity index (χ3n) is 4.62. The molecular weight excluding hydrogens is 344 g/mol. The summed E-state index contributed by atoms with van der Waals surface area (Å²) in [7, 11) is 1.61. The second-order valence-electron chi connectivity index (χ2n) is 6.67. The van der Waals surface area contributed by atoms with Crippen molar-refractivity contribution in [1.82, 2.24) is 10.2 Å². The van der Waals surface area contributed by atoms with Gasteiger partial charge in [-0.05, 0) is 56.4 Å². The Hall–Kier alpha value is -2.50. The topological polar surface area (TPSA) is 67.9 Å². The van der Waals surface area contributed by atoms with Gasteiger partial charge in [0.05, 0.1) is 20.2 Å². The van der Waals surface area contributed by atoms with Crippen molar-refractivity contribution >= 4 is 11.8 Å². The zero-order valence-corrected chi connectivity index (χ0v) is 16.3. The monoisotopic (exact) mass is 374 g/mol. The van der Waals surface area contributed by atoms with Crippen LogP contribution in [0.4, 0.5) is 0 Å². The van der Waals surface area contributed by atoms with E-state index in [0.717, 1.165) is 30.8 Å². The molecule has 2 amide bonds. The highest BCUT2D eigenvalue weighted by atomic mass is 16.5. The van der Waals surface area contributed by atoms with Crippen molar-refractivity contribution in [3.63, 3.8) is 0 Å². The maximum absolute atomic E-state index is 12.1. The van der Waals surface area contributed by atoms with E-state index in [9.17, 15) is 9.59 Å². The fourth-order valence-corrected chi connectivity index (χ4v) is 3.02. The van der Waals surface area contributed by atoms with Gasteiger partial charge in [0, 0.05) is 13.5 Å². The van der Waals surface area contributed by atoms with Crippen LogP contribution in [0.1, 0.15) is 39.0 Å². The summed E-state index contributed by atoms with van der Waals surface area (Å²) in [6, 6.07) is 7.27. The van der Waals surface area contributed by atoms with Gasteiger partial charge in [0.25, 0.3) is 0 Å². The maximum atomic E-state index is 12.1. The van der Waals surface area contributed by atoms with E-state index in [-0.39, 0.29) is 18.4 Å². The van der Waals surface area contributed by atoms with Crippen LogP contribution < -0.4 is 14.8 Å². The molecule has 0 unspecified atom stereocenters. The Bertz CT molecular complexity index is 640. The molecule has 0 saturated carbocycles. The van der Waals surface area contributed by atoms with Gasteiger partial charge >= 0.3 is 0 Å². The van der Waals surface area contributed by atoms with E-state index in [4.69, 9.17) is 9.47 Å². The zero-order chi connectivity index (χ0) is 19.5. The predicted octanol–water partition coefficient (Wildman–Crippen LogP) is 2.93. The first-order chi connectivity index (χ1) is 13.1. The van der Waals surface area contributed by atoms with Crippen molar-refractivity contribution in [2.24, 2.45) is 0 Å². The molecule has 0 fully saturated rings. The van der Waals surface area contributed by atoms with Crippen molar-refractivity contribution in [2.75, 3.05) is 33.4 Å². The molecule has 0 saturated heterocycles. The van der Waals surface area contributed by atoms with E-state index in [0.29, 0.717) is 19.7 Å². The van der Waals surface area contributed by atoms with Gasteiger partial charge in [-0.15, -0.1) is 0 Å². The number of carbonyl (C=O) groups excluding carboxylic acids is 2. The number of nitrogens with one attached hydrogen (secondary N) is 1. The van der Waals surface area contributed by atoms with E-state index < -0.39 is 0 Å².